The van der Waals surface area contributed by atoms with E-state index in [2.05, 4.69) is 21.3 Å². The van der Waals surface area contributed by atoms with Crippen LogP contribution in [0.25, 0.3) is 0 Å². The smallest absolute Gasteiger partial charge is 0.313 e. The van der Waals surface area contributed by atoms with Crippen LogP contribution in [0.5, 0.6) is 0 Å². The molecule has 3 aromatic carbocycles. The zero-order chi connectivity index (χ0) is 24.5. The minimum Gasteiger partial charge on any atom is -0.341 e. The van der Waals surface area contributed by atoms with Crippen LogP contribution in [0.3, 0.4) is 0 Å². The first-order valence-electron chi connectivity index (χ1n) is 10.8. The number of rotatable bonds is 6. The summed E-state index contributed by atoms with van der Waals surface area (Å²) in [6, 6.07) is 24.0. The quantitative estimate of drug-likeness (QED) is 0.424. The Morgan fingerprint density at radius 3 is 1.29 bits per heavy atom. The molecular weight excluding hydrogens is 432 g/mol. The SMILES string of the molecule is C[C@H](NC(=O)C(=O)Nc1cccc(NC(=O)C(=O)N[C@@H](C)c2ccccc2)c1)c1ccccc1. The van der Waals surface area contributed by atoms with Crippen molar-refractivity contribution in [3.63, 3.8) is 0 Å². The molecule has 0 saturated carbocycles. The van der Waals surface area contributed by atoms with Gasteiger partial charge in [-0.25, -0.2) is 0 Å². The van der Waals surface area contributed by atoms with Gasteiger partial charge in [0.05, 0.1) is 12.1 Å². The summed E-state index contributed by atoms with van der Waals surface area (Å²) in [7, 11) is 0. The molecule has 0 aromatic heterocycles. The van der Waals surface area contributed by atoms with Crippen LogP contribution in [-0.2, 0) is 19.2 Å². The van der Waals surface area contributed by atoms with Gasteiger partial charge in [0.2, 0.25) is 0 Å². The molecule has 0 unspecified atom stereocenters. The van der Waals surface area contributed by atoms with Crippen molar-refractivity contribution in [2.24, 2.45) is 0 Å². The summed E-state index contributed by atoms with van der Waals surface area (Å²) < 4.78 is 0. The van der Waals surface area contributed by atoms with Gasteiger partial charge < -0.3 is 21.3 Å². The number of benzene rings is 3. The zero-order valence-electron chi connectivity index (χ0n) is 18.9. The van der Waals surface area contributed by atoms with Crippen LogP contribution >= 0.6 is 0 Å². The predicted octanol–water partition coefficient (Wildman–Crippen LogP) is 3.32. The lowest BCUT2D eigenvalue weighted by Crippen LogP contribution is -2.37. The predicted molar refractivity (Wildman–Crippen MR) is 130 cm³/mol. The lowest BCUT2D eigenvalue weighted by Gasteiger charge is -2.15. The molecule has 8 nitrogen and oxygen atoms in total. The van der Waals surface area contributed by atoms with Crippen LogP contribution in [0.15, 0.2) is 84.9 Å². The highest BCUT2D eigenvalue weighted by Gasteiger charge is 2.19. The largest absolute Gasteiger partial charge is 0.341 e. The van der Waals surface area contributed by atoms with Crippen LogP contribution < -0.4 is 21.3 Å². The Bertz CT molecular complexity index is 1080. The fourth-order valence-electron chi connectivity index (χ4n) is 3.22. The molecule has 0 fully saturated rings. The van der Waals surface area contributed by atoms with Gasteiger partial charge in [0, 0.05) is 11.4 Å². The molecule has 8 heteroatoms. The Kier molecular flexibility index (Phi) is 8.12. The first-order chi connectivity index (χ1) is 16.3. The van der Waals surface area contributed by atoms with Gasteiger partial charge in [0.15, 0.2) is 0 Å². The van der Waals surface area contributed by atoms with E-state index in [0.717, 1.165) is 11.1 Å². The summed E-state index contributed by atoms with van der Waals surface area (Å²) in [5, 5.41) is 10.3. The third-order valence-electron chi connectivity index (χ3n) is 5.09. The highest BCUT2D eigenvalue weighted by Crippen LogP contribution is 2.16. The molecule has 0 spiro atoms. The number of carbonyl (C=O) groups excluding carboxylic acids is 4. The Balaban J connectivity index is 1.54. The summed E-state index contributed by atoms with van der Waals surface area (Å²) in [5.74, 6) is -3.28. The average molecular weight is 459 g/mol. The number of hydrogen-bond donors (Lipinski definition) is 4. The second kappa shape index (κ2) is 11.4. The first kappa shape index (κ1) is 24.2. The van der Waals surface area contributed by atoms with Crippen LogP contribution in [0.2, 0.25) is 0 Å². The number of carbonyl (C=O) groups is 4. The molecule has 2 atom stereocenters. The first-order valence-corrected chi connectivity index (χ1v) is 10.8. The third-order valence-corrected chi connectivity index (χ3v) is 5.09. The molecule has 0 aliphatic heterocycles. The molecule has 0 heterocycles. The monoisotopic (exact) mass is 458 g/mol. The van der Waals surface area contributed by atoms with Crippen molar-refractivity contribution in [3.05, 3.63) is 96.1 Å². The van der Waals surface area contributed by atoms with Gasteiger partial charge in [-0.05, 0) is 43.2 Å². The fourth-order valence-corrected chi connectivity index (χ4v) is 3.22. The Morgan fingerprint density at radius 2 is 0.912 bits per heavy atom. The van der Waals surface area contributed by atoms with Crippen molar-refractivity contribution in [3.8, 4) is 0 Å². The van der Waals surface area contributed by atoms with E-state index in [-0.39, 0.29) is 12.1 Å². The Labute approximate surface area is 197 Å². The summed E-state index contributed by atoms with van der Waals surface area (Å²) in [5.41, 5.74) is 2.33. The topological polar surface area (TPSA) is 116 Å². The second-order valence-corrected chi connectivity index (χ2v) is 7.70. The second-order valence-electron chi connectivity index (χ2n) is 7.70. The maximum atomic E-state index is 12.3. The highest BCUT2D eigenvalue weighted by atomic mass is 16.2. The van der Waals surface area contributed by atoms with Gasteiger partial charge in [-0.15, -0.1) is 0 Å². The number of hydrogen-bond acceptors (Lipinski definition) is 4. The number of anilines is 2. The molecule has 0 saturated heterocycles. The lowest BCUT2D eigenvalue weighted by atomic mass is 10.1. The minimum absolute atomic E-state index is 0.295. The molecule has 0 aliphatic carbocycles. The van der Waals surface area contributed by atoms with E-state index in [0.29, 0.717) is 11.4 Å². The van der Waals surface area contributed by atoms with Crippen LogP contribution in [-0.4, -0.2) is 23.6 Å². The van der Waals surface area contributed by atoms with Gasteiger partial charge in [-0.3, -0.25) is 19.2 Å². The minimum atomic E-state index is -0.847. The van der Waals surface area contributed by atoms with Crippen molar-refractivity contribution in [2.75, 3.05) is 10.6 Å². The lowest BCUT2D eigenvalue weighted by molar-refractivity contribution is -0.136. The van der Waals surface area contributed by atoms with E-state index in [1.54, 1.807) is 32.0 Å². The van der Waals surface area contributed by atoms with E-state index in [1.165, 1.54) is 6.07 Å². The number of nitrogens with one attached hydrogen (secondary N) is 4. The van der Waals surface area contributed by atoms with Crippen molar-refractivity contribution in [2.45, 2.75) is 25.9 Å². The van der Waals surface area contributed by atoms with E-state index < -0.39 is 23.6 Å². The molecule has 34 heavy (non-hydrogen) atoms. The van der Waals surface area contributed by atoms with Crippen LogP contribution in [0, 0.1) is 0 Å². The highest BCUT2D eigenvalue weighted by molar-refractivity contribution is 6.40. The van der Waals surface area contributed by atoms with E-state index in [1.807, 2.05) is 60.7 Å². The zero-order valence-corrected chi connectivity index (χ0v) is 18.9. The Hall–Kier alpha value is -4.46. The van der Waals surface area contributed by atoms with Crippen molar-refractivity contribution >= 4 is 35.0 Å². The van der Waals surface area contributed by atoms with E-state index >= 15 is 0 Å². The molecule has 4 N–H and O–H groups in total. The van der Waals surface area contributed by atoms with Crippen molar-refractivity contribution in [1.29, 1.82) is 0 Å². The summed E-state index contributed by atoms with van der Waals surface area (Å²) in [4.78, 5) is 49.1. The van der Waals surface area contributed by atoms with Gasteiger partial charge in [-0.2, -0.15) is 0 Å². The van der Waals surface area contributed by atoms with Crippen molar-refractivity contribution < 1.29 is 19.2 Å². The van der Waals surface area contributed by atoms with E-state index in [4.69, 9.17) is 0 Å². The summed E-state index contributed by atoms with van der Waals surface area (Å²) in [6.45, 7) is 3.56. The molecule has 4 amide bonds. The summed E-state index contributed by atoms with van der Waals surface area (Å²) in [6.07, 6.45) is 0. The molecule has 0 bridgehead atoms. The van der Waals surface area contributed by atoms with Gasteiger partial charge >= 0.3 is 23.6 Å². The van der Waals surface area contributed by atoms with Crippen LogP contribution in [0.1, 0.15) is 37.1 Å². The molecule has 0 radical (unpaired) electrons. The average Bonchev–Trinajstić information content (AvgIpc) is 2.85. The van der Waals surface area contributed by atoms with Crippen molar-refractivity contribution in [1.82, 2.24) is 10.6 Å². The molecule has 0 aliphatic rings. The molecule has 3 aromatic rings. The van der Waals surface area contributed by atoms with Gasteiger partial charge in [-0.1, -0.05) is 66.7 Å². The Morgan fingerprint density at radius 1 is 0.529 bits per heavy atom. The maximum absolute atomic E-state index is 12.3. The molecular formula is C26H26N4O4. The standard InChI is InChI=1S/C26H26N4O4/c1-17(19-10-5-3-6-11-19)27-23(31)25(33)29-21-14-9-15-22(16-21)30-26(34)24(32)28-18(2)20-12-7-4-8-13-20/h3-18H,1-2H3,(H,27,31)(H,28,32)(H,29,33)(H,30,34)/t17-,18-/m0/s1. The van der Waals surface area contributed by atoms with E-state index in [9.17, 15) is 19.2 Å². The molecule has 3 rings (SSSR count). The maximum Gasteiger partial charge on any atom is 0.313 e. The fraction of sp³-hybridized carbons (Fsp3) is 0.154. The normalized spacial score (nSPS) is 12.1. The molecule has 174 valence electrons. The van der Waals surface area contributed by atoms with Gasteiger partial charge in [0.25, 0.3) is 0 Å². The summed E-state index contributed by atoms with van der Waals surface area (Å²) >= 11 is 0. The van der Waals surface area contributed by atoms with Gasteiger partial charge in [0.1, 0.15) is 0 Å². The number of amides is 4. The van der Waals surface area contributed by atoms with Crippen LogP contribution in [0.4, 0.5) is 11.4 Å². The third kappa shape index (κ3) is 6.77.